The van der Waals surface area contributed by atoms with Gasteiger partial charge in [0.05, 0.1) is 60.1 Å². The van der Waals surface area contributed by atoms with E-state index in [9.17, 15) is 14.7 Å². The highest BCUT2D eigenvalue weighted by Crippen LogP contribution is 2.45. The van der Waals surface area contributed by atoms with Crippen LogP contribution < -0.4 is 19.1 Å². The lowest BCUT2D eigenvalue weighted by Gasteiger charge is -2.28. The summed E-state index contributed by atoms with van der Waals surface area (Å²) < 4.78 is 22.2. The van der Waals surface area contributed by atoms with E-state index in [2.05, 4.69) is 0 Å². The highest BCUT2D eigenvalue weighted by molar-refractivity contribution is 6.16. The molecule has 2 N–H and O–H groups in total. The number of furan rings is 1. The number of nitrogens with one attached hydrogen (secondary N) is 1. The molecule has 0 fully saturated rings. The molecule has 1 amide bonds. The first-order chi connectivity index (χ1) is 16.8. The average molecular weight is 482 g/mol. The van der Waals surface area contributed by atoms with Crippen LogP contribution in [0.2, 0.25) is 0 Å². The van der Waals surface area contributed by atoms with E-state index in [1.807, 2.05) is 26.2 Å². The van der Waals surface area contributed by atoms with Gasteiger partial charge in [-0.1, -0.05) is 18.2 Å². The molecule has 1 aliphatic rings. The third kappa shape index (κ3) is 4.30. The molecule has 184 valence electrons. The Balaban J connectivity index is 1.86. The molecule has 0 unspecified atom stereocenters. The molecule has 4 rings (SSSR count). The second kappa shape index (κ2) is 9.71. The monoisotopic (exact) mass is 481 g/mol. The maximum absolute atomic E-state index is 13.7. The van der Waals surface area contributed by atoms with Crippen LogP contribution in [0.4, 0.5) is 0 Å². The molecule has 0 bridgehead atoms. The van der Waals surface area contributed by atoms with Crippen molar-refractivity contribution < 1.29 is 38.2 Å². The minimum atomic E-state index is -0.878. The first kappa shape index (κ1) is 24.2. The predicted molar refractivity (Wildman–Crippen MR) is 128 cm³/mol. The van der Waals surface area contributed by atoms with E-state index in [1.54, 1.807) is 30.3 Å². The minimum Gasteiger partial charge on any atom is -0.503 e. The second-order valence-corrected chi connectivity index (χ2v) is 8.56. The number of nitrogens with zero attached hydrogens (tertiary/aromatic N) is 1. The summed E-state index contributed by atoms with van der Waals surface area (Å²) in [6.07, 6.45) is 0. The van der Waals surface area contributed by atoms with Crippen molar-refractivity contribution in [3.63, 3.8) is 0 Å². The zero-order chi connectivity index (χ0) is 25.3. The fourth-order valence-electron chi connectivity index (χ4n) is 4.29. The summed E-state index contributed by atoms with van der Waals surface area (Å²) in [6, 6.07) is 11.3. The number of hydrogen-bond acceptors (Lipinski definition) is 7. The van der Waals surface area contributed by atoms with Crippen LogP contribution in [-0.2, 0) is 4.79 Å². The largest absolute Gasteiger partial charge is 0.503 e. The fourth-order valence-corrected chi connectivity index (χ4v) is 4.29. The van der Waals surface area contributed by atoms with Crippen molar-refractivity contribution in [2.24, 2.45) is 0 Å². The Morgan fingerprint density at radius 3 is 2.29 bits per heavy atom. The van der Waals surface area contributed by atoms with Crippen molar-refractivity contribution in [2.75, 3.05) is 48.5 Å². The second-order valence-electron chi connectivity index (χ2n) is 8.56. The zero-order valence-electron chi connectivity index (χ0n) is 20.4. The number of rotatable bonds is 9. The lowest BCUT2D eigenvalue weighted by Crippen LogP contribution is -3.06. The van der Waals surface area contributed by atoms with Gasteiger partial charge in [0, 0.05) is 5.39 Å². The number of likely N-dealkylation sites (N-methyl/N-ethyl adjacent to an activating group) is 1. The molecule has 1 atom stereocenters. The number of aliphatic hydroxyl groups is 1. The number of carbonyl (C=O) groups is 2. The highest BCUT2D eigenvalue weighted by atomic mass is 16.5. The number of Topliss-reactive ketones (excluding diaryl/α,β-unsaturated/α-hetero) is 1. The van der Waals surface area contributed by atoms with Gasteiger partial charge in [0.2, 0.25) is 11.5 Å². The van der Waals surface area contributed by atoms with Crippen molar-refractivity contribution in [3.05, 3.63) is 65.1 Å². The van der Waals surface area contributed by atoms with Crippen molar-refractivity contribution in [1.82, 2.24) is 4.90 Å². The lowest BCUT2D eigenvalue weighted by molar-refractivity contribution is -0.857. The molecule has 2 heterocycles. The molecule has 1 aliphatic heterocycles. The first-order valence-corrected chi connectivity index (χ1v) is 11.2. The number of amides is 1. The smallest absolute Gasteiger partial charge is 0.290 e. The van der Waals surface area contributed by atoms with Gasteiger partial charge in [-0.25, -0.2) is 0 Å². The molecule has 0 spiro atoms. The Bertz CT molecular complexity index is 1250. The molecule has 0 aliphatic carbocycles. The summed E-state index contributed by atoms with van der Waals surface area (Å²) in [5.74, 6) is -0.620. The third-order valence-electron chi connectivity index (χ3n) is 6.05. The number of benzene rings is 2. The van der Waals surface area contributed by atoms with Crippen LogP contribution >= 0.6 is 0 Å². The van der Waals surface area contributed by atoms with Gasteiger partial charge in [0.1, 0.15) is 5.58 Å². The topological polar surface area (TPSA) is 103 Å². The first-order valence-electron chi connectivity index (χ1n) is 11.2. The van der Waals surface area contributed by atoms with E-state index in [4.69, 9.17) is 18.6 Å². The van der Waals surface area contributed by atoms with E-state index in [0.717, 1.165) is 10.3 Å². The van der Waals surface area contributed by atoms with Crippen molar-refractivity contribution in [1.29, 1.82) is 0 Å². The summed E-state index contributed by atoms with van der Waals surface area (Å²) >= 11 is 0. The van der Waals surface area contributed by atoms with Gasteiger partial charge in [-0.3, -0.25) is 9.59 Å². The number of methoxy groups -OCH3 is 3. The number of fused-ring (bicyclic) bond motifs is 1. The number of ether oxygens (including phenoxy) is 3. The fraction of sp³-hybridized carbons (Fsp3) is 0.308. The molecular formula is C26H29N2O7+. The number of aliphatic hydroxyl groups excluding tert-OH is 1. The van der Waals surface area contributed by atoms with Crippen LogP contribution in [-0.4, -0.2) is 70.2 Å². The maximum Gasteiger partial charge on any atom is 0.290 e. The Hall–Kier alpha value is -3.98. The molecule has 1 aromatic heterocycles. The molecule has 9 nitrogen and oxygen atoms in total. The Kier molecular flexibility index (Phi) is 6.70. The molecule has 3 aromatic rings. The Morgan fingerprint density at radius 1 is 1.06 bits per heavy atom. The molecular weight excluding hydrogens is 452 g/mol. The summed E-state index contributed by atoms with van der Waals surface area (Å²) in [7, 11) is 8.39. The number of para-hydroxylation sites is 1. The van der Waals surface area contributed by atoms with Crippen molar-refractivity contribution >= 4 is 22.7 Å². The van der Waals surface area contributed by atoms with Crippen molar-refractivity contribution in [2.45, 2.75) is 6.04 Å². The number of hydrogen-bond donors (Lipinski definition) is 2. The SMILES string of the molecule is COc1cc([C@@H]2C(C(=O)c3cc4ccccc4o3)=C(O)C(=O)N2CC[NH+](C)C)cc(OC)c1OC. The maximum atomic E-state index is 13.7. The third-order valence-corrected chi connectivity index (χ3v) is 6.05. The quantitative estimate of drug-likeness (QED) is 0.452. The van der Waals surface area contributed by atoms with Gasteiger partial charge in [-0.05, 0) is 29.8 Å². The van der Waals surface area contributed by atoms with E-state index in [0.29, 0.717) is 41.5 Å². The minimum absolute atomic E-state index is 0.0399. The number of ketones is 1. The predicted octanol–water partition coefficient (Wildman–Crippen LogP) is 2.18. The highest BCUT2D eigenvalue weighted by Gasteiger charge is 2.45. The van der Waals surface area contributed by atoms with Gasteiger partial charge in [0.15, 0.2) is 23.0 Å². The lowest BCUT2D eigenvalue weighted by atomic mass is 9.94. The zero-order valence-corrected chi connectivity index (χ0v) is 20.4. The number of quaternary nitrogens is 1. The van der Waals surface area contributed by atoms with Gasteiger partial charge in [-0.2, -0.15) is 0 Å². The summed E-state index contributed by atoms with van der Waals surface area (Å²) in [4.78, 5) is 29.5. The van der Waals surface area contributed by atoms with E-state index >= 15 is 0 Å². The molecule has 9 heteroatoms. The molecule has 0 saturated heterocycles. The van der Waals surface area contributed by atoms with Gasteiger partial charge in [-0.15, -0.1) is 0 Å². The Morgan fingerprint density at radius 2 is 1.71 bits per heavy atom. The summed E-state index contributed by atoms with van der Waals surface area (Å²) in [5.41, 5.74) is 1.01. The Labute approximate surface area is 203 Å². The van der Waals surface area contributed by atoms with Gasteiger partial charge >= 0.3 is 0 Å². The van der Waals surface area contributed by atoms with Crippen LogP contribution in [0.1, 0.15) is 22.2 Å². The average Bonchev–Trinajstić information content (AvgIpc) is 3.40. The molecule has 0 radical (unpaired) electrons. The van der Waals surface area contributed by atoms with Gasteiger partial charge in [0.25, 0.3) is 5.91 Å². The molecule has 2 aromatic carbocycles. The van der Waals surface area contributed by atoms with Crippen LogP contribution in [0, 0.1) is 0 Å². The van der Waals surface area contributed by atoms with Crippen molar-refractivity contribution in [3.8, 4) is 17.2 Å². The van der Waals surface area contributed by atoms with E-state index < -0.39 is 23.5 Å². The van der Waals surface area contributed by atoms with E-state index in [1.165, 1.54) is 26.2 Å². The summed E-state index contributed by atoms with van der Waals surface area (Å²) in [6.45, 7) is 0.912. The van der Waals surface area contributed by atoms with Crippen LogP contribution in [0.3, 0.4) is 0 Å². The normalized spacial score (nSPS) is 15.9. The summed E-state index contributed by atoms with van der Waals surface area (Å²) in [5, 5.41) is 11.7. The molecule has 0 saturated carbocycles. The van der Waals surface area contributed by atoms with Crippen LogP contribution in [0.25, 0.3) is 11.0 Å². The molecule has 35 heavy (non-hydrogen) atoms. The standard InChI is InChI=1S/C26H28N2O7/c1-27(2)10-11-28-22(16-13-19(32-3)25(34-5)20(14-16)33-4)21(24(30)26(28)31)23(29)18-12-15-8-6-7-9-17(15)35-18/h6-9,12-14,22,30H,10-11H2,1-5H3/p+1/t22-/m1/s1. The van der Waals surface area contributed by atoms with Crippen LogP contribution in [0.15, 0.2) is 58.2 Å². The van der Waals surface area contributed by atoms with Crippen LogP contribution in [0.5, 0.6) is 17.2 Å². The van der Waals surface area contributed by atoms with Gasteiger partial charge < -0.3 is 33.5 Å². The number of carbonyl (C=O) groups excluding carboxylic acids is 2. The van der Waals surface area contributed by atoms with E-state index in [-0.39, 0.29) is 11.3 Å².